The zero-order chi connectivity index (χ0) is 14.1. The highest BCUT2D eigenvalue weighted by molar-refractivity contribution is 6.92. The van der Waals surface area contributed by atoms with Crippen LogP contribution in [0.2, 0.25) is 39.3 Å². The van der Waals surface area contributed by atoms with Crippen LogP contribution < -0.4 is 15.1 Å². The summed E-state index contributed by atoms with van der Waals surface area (Å²) < 4.78 is 5.49. The lowest BCUT2D eigenvalue weighted by molar-refractivity contribution is 0.415. The third kappa shape index (κ3) is 3.40. The molecule has 0 saturated heterocycles. The van der Waals surface area contributed by atoms with Crippen molar-refractivity contribution in [1.82, 2.24) is 0 Å². The molecule has 18 heavy (non-hydrogen) atoms. The number of alkyl halides is 1. The fourth-order valence-corrected chi connectivity index (χ4v) is 6.29. The fourth-order valence-electron chi connectivity index (χ4n) is 2.25. The molecular formula is C14H25ClOSi2. The molecule has 0 bridgehead atoms. The molecule has 0 aliphatic rings. The van der Waals surface area contributed by atoms with Gasteiger partial charge in [0.1, 0.15) is 5.75 Å². The first-order valence-corrected chi connectivity index (χ1v) is 13.9. The normalized spacial score (nSPS) is 12.7. The Bertz CT molecular complexity index is 395. The molecule has 0 saturated carbocycles. The smallest absolute Gasteiger partial charge is 0.118 e. The van der Waals surface area contributed by atoms with Crippen LogP contribution in [0.4, 0.5) is 0 Å². The van der Waals surface area contributed by atoms with E-state index < -0.39 is 16.1 Å². The van der Waals surface area contributed by atoms with Gasteiger partial charge in [-0.1, -0.05) is 49.7 Å². The minimum Gasteiger partial charge on any atom is -0.497 e. The van der Waals surface area contributed by atoms with Crippen molar-refractivity contribution >= 4 is 38.1 Å². The lowest BCUT2D eigenvalue weighted by Gasteiger charge is -2.28. The number of hydrogen-bond donors (Lipinski definition) is 0. The van der Waals surface area contributed by atoms with Crippen molar-refractivity contribution in [2.45, 2.75) is 45.2 Å². The molecule has 0 spiro atoms. The molecule has 0 unspecified atom stereocenters. The van der Waals surface area contributed by atoms with Gasteiger partial charge in [0.05, 0.1) is 23.3 Å². The third-order valence-corrected chi connectivity index (χ3v) is 7.60. The van der Waals surface area contributed by atoms with Crippen molar-refractivity contribution in [2.75, 3.05) is 7.11 Å². The maximum Gasteiger partial charge on any atom is 0.118 e. The molecular weight excluding hydrogens is 276 g/mol. The maximum atomic E-state index is 6.25. The topological polar surface area (TPSA) is 9.23 Å². The average Bonchev–Trinajstić information content (AvgIpc) is 2.24. The highest BCUT2D eigenvalue weighted by Gasteiger charge is 2.28. The quantitative estimate of drug-likeness (QED) is 0.611. The Morgan fingerprint density at radius 3 is 1.56 bits per heavy atom. The predicted octanol–water partition coefficient (Wildman–Crippen LogP) is 3.52. The molecule has 0 fully saturated rings. The van der Waals surface area contributed by atoms with Gasteiger partial charge >= 0.3 is 0 Å². The SMILES string of the molecule is COc1cc([Si](C)(C)C)c(CCl)c([Si](C)(C)C)c1. The Hall–Kier alpha value is -0.256. The van der Waals surface area contributed by atoms with E-state index in [1.165, 1.54) is 15.9 Å². The minimum atomic E-state index is -1.40. The second-order valence-corrected chi connectivity index (χ2v) is 17.2. The summed E-state index contributed by atoms with van der Waals surface area (Å²) >= 11 is 6.25. The van der Waals surface area contributed by atoms with E-state index in [0.717, 1.165) is 5.75 Å². The number of methoxy groups -OCH3 is 1. The largest absolute Gasteiger partial charge is 0.497 e. The van der Waals surface area contributed by atoms with E-state index in [1.54, 1.807) is 7.11 Å². The Kier molecular flexibility index (Phi) is 4.73. The Morgan fingerprint density at radius 2 is 1.33 bits per heavy atom. The van der Waals surface area contributed by atoms with Gasteiger partial charge < -0.3 is 4.74 Å². The number of benzene rings is 1. The lowest BCUT2D eigenvalue weighted by Crippen LogP contribution is -2.49. The third-order valence-electron chi connectivity index (χ3n) is 3.21. The van der Waals surface area contributed by atoms with Crippen LogP contribution in [0.3, 0.4) is 0 Å². The minimum absolute atomic E-state index is 0.614. The molecule has 0 atom stereocenters. The van der Waals surface area contributed by atoms with E-state index in [9.17, 15) is 0 Å². The summed E-state index contributed by atoms with van der Waals surface area (Å²) in [5.41, 5.74) is 1.37. The van der Waals surface area contributed by atoms with E-state index in [-0.39, 0.29) is 0 Å². The first-order valence-electron chi connectivity index (χ1n) is 6.39. The summed E-state index contributed by atoms with van der Waals surface area (Å²) in [4.78, 5) is 0. The van der Waals surface area contributed by atoms with Crippen LogP contribution in [-0.2, 0) is 5.88 Å². The van der Waals surface area contributed by atoms with Gasteiger partial charge in [-0.2, -0.15) is 0 Å². The summed E-state index contributed by atoms with van der Waals surface area (Å²) in [5, 5.41) is 2.91. The van der Waals surface area contributed by atoms with Crippen molar-refractivity contribution < 1.29 is 4.74 Å². The number of rotatable bonds is 4. The molecule has 0 amide bonds. The molecule has 0 heterocycles. The predicted molar refractivity (Wildman–Crippen MR) is 88.5 cm³/mol. The lowest BCUT2D eigenvalue weighted by atomic mass is 10.2. The van der Waals surface area contributed by atoms with Gasteiger partial charge in [-0.3, -0.25) is 0 Å². The highest BCUT2D eigenvalue weighted by Crippen LogP contribution is 2.18. The van der Waals surface area contributed by atoms with Crippen LogP contribution in [0.15, 0.2) is 12.1 Å². The monoisotopic (exact) mass is 300 g/mol. The molecule has 1 nitrogen and oxygen atoms in total. The molecule has 0 aromatic heterocycles. The van der Waals surface area contributed by atoms with Gasteiger partial charge in [-0.05, 0) is 17.7 Å². The molecule has 1 rings (SSSR count). The summed E-state index contributed by atoms with van der Waals surface area (Å²) in [7, 11) is -1.05. The Labute approximate surface area is 119 Å². The van der Waals surface area contributed by atoms with Crippen LogP contribution in [-0.4, -0.2) is 23.3 Å². The van der Waals surface area contributed by atoms with E-state index in [4.69, 9.17) is 16.3 Å². The number of hydrogen-bond acceptors (Lipinski definition) is 1. The van der Waals surface area contributed by atoms with Crippen LogP contribution in [0.25, 0.3) is 0 Å². The van der Waals surface area contributed by atoms with Crippen LogP contribution in [0, 0.1) is 0 Å². The molecule has 0 N–H and O–H groups in total. The molecule has 1 aromatic carbocycles. The second kappa shape index (κ2) is 5.39. The van der Waals surface area contributed by atoms with E-state index in [0.29, 0.717) is 5.88 Å². The molecule has 0 aliphatic heterocycles. The number of ether oxygens (including phenoxy) is 1. The van der Waals surface area contributed by atoms with E-state index in [1.807, 2.05) is 0 Å². The number of halogens is 1. The first-order chi connectivity index (χ1) is 8.11. The summed E-state index contributed by atoms with van der Waals surface area (Å²) in [6, 6.07) is 4.40. The van der Waals surface area contributed by atoms with Crippen molar-refractivity contribution in [3.8, 4) is 5.75 Å². The van der Waals surface area contributed by atoms with Crippen molar-refractivity contribution in [1.29, 1.82) is 0 Å². The molecule has 4 heteroatoms. The summed E-state index contributed by atoms with van der Waals surface area (Å²) in [6.07, 6.45) is 0. The Balaban J connectivity index is 3.61. The molecule has 102 valence electrons. The molecule has 0 radical (unpaired) electrons. The van der Waals surface area contributed by atoms with Gasteiger partial charge in [-0.15, -0.1) is 11.6 Å². The van der Waals surface area contributed by atoms with Crippen molar-refractivity contribution in [3.63, 3.8) is 0 Å². The molecule has 0 aliphatic carbocycles. The summed E-state index contributed by atoms with van der Waals surface area (Å²) in [6.45, 7) is 14.2. The van der Waals surface area contributed by atoms with Crippen molar-refractivity contribution in [3.05, 3.63) is 17.7 Å². The maximum absolute atomic E-state index is 6.25. The zero-order valence-corrected chi connectivity index (χ0v) is 15.4. The zero-order valence-electron chi connectivity index (χ0n) is 12.6. The van der Waals surface area contributed by atoms with Crippen LogP contribution in [0.5, 0.6) is 5.75 Å². The first kappa shape index (κ1) is 15.8. The van der Waals surface area contributed by atoms with Crippen LogP contribution >= 0.6 is 11.6 Å². The second-order valence-electron chi connectivity index (χ2n) is 6.83. The highest BCUT2D eigenvalue weighted by atomic mass is 35.5. The van der Waals surface area contributed by atoms with Gasteiger partial charge in [0.15, 0.2) is 0 Å². The standard InChI is InChI=1S/C14H25ClOSi2/c1-16-11-8-13(17(2,3)4)12(10-15)14(9-11)18(5,6)7/h8-9H,10H2,1-7H3. The Morgan fingerprint density at radius 1 is 0.944 bits per heavy atom. The van der Waals surface area contributed by atoms with Gasteiger partial charge in [0, 0.05) is 5.88 Å². The fraction of sp³-hybridized carbons (Fsp3) is 0.571. The van der Waals surface area contributed by atoms with Crippen molar-refractivity contribution in [2.24, 2.45) is 0 Å². The summed E-state index contributed by atoms with van der Waals surface area (Å²) in [5.74, 6) is 1.60. The van der Waals surface area contributed by atoms with Gasteiger partial charge in [0.2, 0.25) is 0 Å². The molecule has 1 aromatic rings. The van der Waals surface area contributed by atoms with E-state index in [2.05, 4.69) is 51.4 Å². The van der Waals surface area contributed by atoms with Gasteiger partial charge in [-0.25, -0.2) is 0 Å². The average molecular weight is 301 g/mol. The van der Waals surface area contributed by atoms with E-state index >= 15 is 0 Å². The van der Waals surface area contributed by atoms with Gasteiger partial charge in [0.25, 0.3) is 0 Å². The van der Waals surface area contributed by atoms with Crippen LogP contribution in [0.1, 0.15) is 5.56 Å².